The summed E-state index contributed by atoms with van der Waals surface area (Å²) in [5, 5.41) is 7.96. The topological polar surface area (TPSA) is 79.5 Å². The van der Waals surface area contributed by atoms with Crippen LogP contribution in [-0.2, 0) is 0 Å². The average molecular weight is 406 g/mol. The van der Waals surface area contributed by atoms with E-state index >= 15 is 0 Å². The van der Waals surface area contributed by atoms with Gasteiger partial charge in [0.25, 0.3) is 5.91 Å². The predicted octanol–water partition coefficient (Wildman–Crippen LogP) is 5.24. The molecule has 2 aromatic heterocycles. The third-order valence-electron chi connectivity index (χ3n) is 3.90. The number of aromatic nitrogens is 1. The van der Waals surface area contributed by atoms with Crippen molar-refractivity contribution in [1.82, 2.24) is 4.98 Å². The van der Waals surface area contributed by atoms with Gasteiger partial charge in [0.1, 0.15) is 22.3 Å². The Morgan fingerprint density at radius 1 is 1.07 bits per heavy atom. The molecule has 1 amide bonds. The first kappa shape index (κ1) is 18.6. The van der Waals surface area contributed by atoms with E-state index in [0.717, 1.165) is 0 Å². The Labute approximate surface area is 169 Å². The van der Waals surface area contributed by atoms with E-state index in [1.807, 2.05) is 6.07 Å². The van der Waals surface area contributed by atoms with Crippen LogP contribution in [0, 0.1) is 5.82 Å². The van der Waals surface area contributed by atoms with Crippen LogP contribution >= 0.6 is 11.3 Å². The summed E-state index contributed by atoms with van der Waals surface area (Å²) in [4.78, 5) is 17.1. The third-order valence-corrected chi connectivity index (χ3v) is 4.78. The van der Waals surface area contributed by atoms with Crippen molar-refractivity contribution in [2.75, 3.05) is 10.7 Å². The van der Waals surface area contributed by atoms with Crippen LogP contribution in [0.5, 0.6) is 0 Å². The number of nitrogens with one attached hydrogen (secondary N) is 2. The molecule has 2 heterocycles. The van der Waals surface area contributed by atoms with Gasteiger partial charge in [-0.05, 0) is 48.5 Å². The summed E-state index contributed by atoms with van der Waals surface area (Å²) in [6, 6.07) is 18.3. The molecule has 4 rings (SSSR count). The molecule has 0 saturated carbocycles. The van der Waals surface area contributed by atoms with E-state index in [9.17, 15) is 9.18 Å². The van der Waals surface area contributed by atoms with E-state index < -0.39 is 0 Å². The van der Waals surface area contributed by atoms with Crippen LogP contribution in [0.4, 0.5) is 14.5 Å². The average Bonchev–Trinajstić information content (AvgIpc) is 3.40. The number of rotatable bonds is 6. The molecule has 0 bridgehead atoms. The smallest absolute Gasteiger partial charge is 0.256 e. The Kier molecular flexibility index (Phi) is 5.44. The Bertz CT molecular complexity index is 1120. The Hall–Kier alpha value is -3.78. The third kappa shape index (κ3) is 4.56. The van der Waals surface area contributed by atoms with Crippen LogP contribution in [0.1, 0.15) is 16.1 Å². The Balaban J connectivity index is 1.61. The number of benzene rings is 2. The lowest BCUT2D eigenvalue weighted by molar-refractivity contribution is 0.102. The monoisotopic (exact) mass is 406 g/mol. The number of anilines is 2. The lowest BCUT2D eigenvalue weighted by Crippen LogP contribution is -2.11. The van der Waals surface area contributed by atoms with Crippen LogP contribution in [0.25, 0.3) is 11.3 Å². The zero-order valence-corrected chi connectivity index (χ0v) is 15.8. The highest BCUT2D eigenvalue weighted by Gasteiger charge is 2.16. The van der Waals surface area contributed by atoms with Gasteiger partial charge in [0, 0.05) is 11.1 Å². The maximum atomic E-state index is 13.3. The van der Waals surface area contributed by atoms with Crippen molar-refractivity contribution in [1.29, 1.82) is 0 Å². The molecule has 8 heteroatoms. The van der Waals surface area contributed by atoms with E-state index in [-0.39, 0.29) is 11.7 Å². The minimum absolute atomic E-state index is 0.261. The van der Waals surface area contributed by atoms with Gasteiger partial charge in [-0.3, -0.25) is 10.2 Å². The fraction of sp³-hybridized carbons (Fsp3) is 0. The molecule has 4 aromatic rings. The van der Waals surface area contributed by atoms with E-state index in [0.29, 0.717) is 32.7 Å². The first-order valence-corrected chi connectivity index (χ1v) is 9.46. The maximum Gasteiger partial charge on any atom is 0.256 e. The van der Waals surface area contributed by atoms with Crippen LogP contribution in [0.2, 0.25) is 0 Å². The van der Waals surface area contributed by atoms with Crippen molar-refractivity contribution >= 4 is 33.6 Å². The fourth-order valence-corrected chi connectivity index (χ4v) is 3.37. The van der Waals surface area contributed by atoms with Gasteiger partial charge in [0.2, 0.25) is 5.13 Å². The molecule has 2 N–H and O–H groups in total. The van der Waals surface area contributed by atoms with Gasteiger partial charge in [-0.2, -0.15) is 5.10 Å². The first-order chi connectivity index (χ1) is 14.2. The van der Waals surface area contributed by atoms with Crippen molar-refractivity contribution in [3.63, 3.8) is 0 Å². The summed E-state index contributed by atoms with van der Waals surface area (Å²) >= 11 is 1.23. The molecular weight excluding hydrogens is 391 g/mol. The number of halogens is 1. The highest BCUT2D eigenvalue weighted by atomic mass is 32.1. The largest absolute Gasteiger partial charge is 0.463 e. The van der Waals surface area contributed by atoms with Crippen molar-refractivity contribution in [3.05, 3.63) is 90.1 Å². The Morgan fingerprint density at radius 2 is 1.86 bits per heavy atom. The van der Waals surface area contributed by atoms with Gasteiger partial charge >= 0.3 is 0 Å². The summed E-state index contributed by atoms with van der Waals surface area (Å²) in [5.74, 6) is -0.0195. The van der Waals surface area contributed by atoms with Gasteiger partial charge < -0.3 is 9.73 Å². The van der Waals surface area contributed by atoms with Gasteiger partial charge in [0.05, 0.1) is 12.5 Å². The van der Waals surface area contributed by atoms with Crippen molar-refractivity contribution in [3.8, 4) is 11.3 Å². The number of furan rings is 1. The fourth-order valence-electron chi connectivity index (χ4n) is 2.54. The van der Waals surface area contributed by atoms with Crippen molar-refractivity contribution in [2.45, 2.75) is 0 Å². The lowest BCUT2D eigenvalue weighted by atomic mass is 10.1. The standard InChI is InChI=1S/C21H15FN4O2S/c22-16-10-8-14(9-11-16)18-20(25-19(27)15-5-2-1-3-6-15)29-21(24-18)26-23-13-17-7-4-12-28-17/h1-13H,(H,24,26)(H,25,27)/b23-13+. The van der Waals surface area contributed by atoms with E-state index in [1.165, 1.54) is 29.7 Å². The zero-order valence-electron chi connectivity index (χ0n) is 15.0. The number of hydrazone groups is 1. The molecular formula is C21H15FN4O2S. The summed E-state index contributed by atoms with van der Waals surface area (Å²) in [6.45, 7) is 0. The van der Waals surface area contributed by atoms with Gasteiger partial charge in [-0.25, -0.2) is 9.37 Å². The van der Waals surface area contributed by atoms with Crippen LogP contribution in [0.3, 0.4) is 0 Å². The van der Waals surface area contributed by atoms with Gasteiger partial charge in [-0.1, -0.05) is 29.5 Å². The number of carbonyl (C=O) groups excluding carboxylic acids is 1. The second-order valence-corrected chi connectivity index (χ2v) is 6.91. The Morgan fingerprint density at radius 3 is 2.59 bits per heavy atom. The number of hydrogen-bond donors (Lipinski definition) is 2. The highest BCUT2D eigenvalue weighted by molar-refractivity contribution is 7.20. The molecule has 29 heavy (non-hydrogen) atoms. The second-order valence-electron chi connectivity index (χ2n) is 5.91. The molecule has 2 aromatic carbocycles. The number of hydrogen-bond acceptors (Lipinski definition) is 6. The molecule has 0 unspecified atom stereocenters. The number of amides is 1. The molecule has 144 valence electrons. The molecule has 0 aliphatic carbocycles. The molecule has 0 aliphatic heterocycles. The molecule has 0 spiro atoms. The highest BCUT2D eigenvalue weighted by Crippen LogP contribution is 2.36. The summed E-state index contributed by atoms with van der Waals surface area (Å²) in [6.07, 6.45) is 3.07. The van der Waals surface area contributed by atoms with E-state index in [4.69, 9.17) is 4.42 Å². The summed E-state index contributed by atoms with van der Waals surface area (Å²) < 4.78 is 18.5. The van der Waals surface area contributed by atoms with Crippen LogP contribution in [-0.4, -0.2) is 17.1 Å². The van der Waals surface area contributed by atoms with E-state index in [1.54, 1.807) is 54.8 Å². The quantitative estimate of drug-likeness (QED) is 0.339. The first-order valence-electron chi connectivity index (χ1n) is 8.65. The minimum atomic E-state index is -0.347. The van der Waals surface area contributed by atoms with Gasteiger partial charge in [-0.15, -0.1) is 0 Å². The second kappa shape index (κ2) is 8.49. The van der Waals surface area contributed by atoms with Crippen LogP contribution < -0.4 is 10.7 Å². The molecule has 0 atom stereocenters. The van der Waals surface area contributed by atoms with Gasteiger partial charge in [0.15, 0.2) is 0 Å². The normalized spacial score (nSPS) is 10.9. The number of carbonyl (C=O) groups is 1. The molecule has 0 saturated heterocycles. The molecule has 0 radical (unpaired) electrons. The zero-order chi connectivity index (χ0) is 20.1. The van der Waals surface area contributed by atoms with Crippen LogP contribution in [0.15, 0.2) is 82.5 Å². The number of nitrogens with zero attached hydrogens (tertiary/aromatic N) is 2. The molecule has 0 fully saturated rings. The lowest BCUT2D eigenvalue weighted by Gasteiger charge is -2.05. The van der Waals surface area contributed by atoms with Crippen molar-refractivity contribution in [2.24, 2.45) is 5.10 Å². The molecule has 6 nitrogen and oxygen atoms in total. The summed E-state index contributed by atoms with van der Waals surface area (Å²) in [7, 11) is 0. The minimum Gasteiger partial charge on any atom is -0.463 e. The summed E-state index contributed by atoms with van der Waals surface area (Å²) in [5.41, 5.74) is 4.55. The van der Waals surface area contributed by atoms with Crippen molar-refractivity contribution < 1.29 is 13.6 Å². The predicted molar refractivity (Wildman–Crippen MR) is 112 cm³/mol. The SMILES string of the molecule is O=C(Nc1sc(N/N=C/c2ccco2)nc1-c1ccc(F)cc1)c1ccccc1. The molecule has 0 aliphatic rings. The van der Waals surface area contributed by atoms with E-state index in [2.05, 4.69) is 20.8 Å². The maximum absolute atomic E-state index is 13.3. The number of thiazole rings is 1.